The molecule has 0 aliphatic carbocycles. The normalized spacial score (nSPS) is 14.8. The molecule has 1 N–H and O–H groups in total. The number of hydrogen-bond donors (Lipinski definition) is 1. The van der Waals surface area contributed by atoms with Gasteiger partial charge in [-0.05, 0) is 29.8 Å². The minimum absolute atomic E-state index is 0. The number of para-hydroxylation sites is 1. The van der Waals surface area contributed by atoms with Crippen LogP contribution >= 0.6 is 24.0 Å². The standard InChI is InChI=1S/C22H26N6O.HI/c1-23-22(25-15-18-7-9-19(10-8-18)28-17-24-16-26-28)27-13-11-21(12-14-27)29-20-5-3-2-4-6-20;/h2-10,16-17,21H,11-15H2,1H3,(H,23,25);1H. The van der Waals surface area contributed by atoms with Gasteiger partial charge in [0.1, 0.15) is 24.5 Å². The van der Waals surface area contributed by atoms with E-state index in [1.54, 1.807) is 11.0 Å². The summed E-state index contributed by atoms with van der Waals surface area (Å²) in [5.74, 6) is 1.88. The molecule has 0 atom stereocenters. The van der Waals surface area contributed by atoms with Crippen LogP contribution in [0.5, 0.6) is 5.75 Å². The number of nitrogens with zero attached hydrogens (tertiary/aromatic N) is 5. The van der Waals surface area contributed by atoms with Crippen LogP contribution in [0.15, 0.2) is 72.2 Å². The summed E-state index contributed by atoms with van der Waals surface area (Å²) in [5, 5.41) is 7.63. The minimum atomic E-state index is 0. The quantitative estimate of drug-likeness (QED) is 0.318. The van der Waals surface area contributed by atoms with Gasteiger partial charge in [0.15, 0.2) is 5.96 Å². The monoisotopic (exact) mass is 518 g/mol. The summed E-state index contributed by atoms with van der Waals surface area (Å²) >= 11 is 0. The smallest absolute Gasteiger partial charge is 0.193 e. The summed E-state index contributed by atoms with van der Waals surface area (Å²) in [5.41, 5.74) is 2.19. The summed E-state index contributed by atoms with van der Waals surface area (Å²) in [4.78, 5) is 10.7. The van der Waals surface area contributed by atoms with E-state index in [1.807, 2.05) is 49.5 Å². The maximum Gasteiger partial charge on any atom is 0.193 e. The molecule has 0 spiro atoms. The molecule has 0 amide bonds. The first kappa shape index (κ1) is 22.1. The van der Waals surface area contributed by atoms with Gasteiger partial charge in [0, 0.05) is 39.5 Å². The van der Waals surface area contributed by atoms with Crippen LogP contribution < -0.4 is 10.1 Å². The van der Waals surface area contributed by atoms with Gasteiger partial charge in [-0.1, -0.05) is 30.3 Å². The third-order valence-electron chi connectivity index (χ3n) is 5.07. The van der Waals surface area contributed by atoms with Gasteiger partial charge < -0.3 is 15.0 Å². The van der Waals surface area contributed by atoms with Crippen LogP contribution in [-0.4, -0.2) is 51.9 Å². The fourth-order valence-electron chi connectivity index (χ4n) is 3.50. The fourth-order valence-corrected chi connectivity index (χ4v) is 3.50. The molecule has 1 aliphatic rings. The maximum atomic E-state index is 6.09. The Morgan fingerprint density at radius 1 is 1.10 bits per heavy atom. The number of rotatable bonds is 5. The Hall–Kier alpha value is -2.62. The van der Waals surface area contributed by atoms with Crippen molar-refractivity contribution in [2.75, 3.05) is 20.1 Å². The van der Waals surface area contributed by atoms with Crippen molar-refractivity contribution in [3.8, 4) is 11.4 Å². The molecule has 8 heteroatoms. The lowest BCUT2D eigenvalue weighted by Crippen LogP contribution is -2.47. The predicted octanol–water partition coefficient (Wildman–Crippen LogP) is 3.50. The third-order valence-corrected chi connectivity index (χ3v) is 5.07. The van der Waals surface area contributed by atoms with Gasteiger partial charge in [-0.25, -0.2) is 9.67 Å². The SMILES string of the molecule is CN=C(NCc1ccc(-n2cncn2)cc1)N1CCC(Oc2ccccc2)CC1.I. The number of aromatic nitrogens is 3. The highest BCUT2D eigenvalue weighted by molar-refractivity contribution is 14.0. The third kappa shape index (κ3) is 5.71. The van der Waals surface area contributed by atoms with Crippen molar-refractivity contribution in [1.29, 1.82) is 0 Å². The maximum absolute atomic E-state index is 6.09. The molecular formula is C22H27IN6O. The second-order valence-electron chi connectivity index (χ2n) is 7.02. The van der Waals surface area contributed by atoms with Crippen molar-refractivity contribution in [3.63, 3.8) is 0 Å². The lowest BCUT2D eigenvalue weighted by Gasteiger charge is -2.34. The Morgan fingerprint density at radius 2 is 1.83 bits per heavy atom. The average Bonchev–Trinajstić information content (AvgIpc) is 3.31. The Morgan fingerprint density at radius 3 is 2.47 bits per heavy atom. The number of piperidine rings is 1. The molecule has 4 rings (SSSR count). The highest BCUT2D eigenvalue weighted by Gasteiger charge is 2.22. The summed E-state index contributed by atoms with van der Waals surface area (Å²) in [6, 6.07) is 18.3. The van der Waals surface area contributed by atoms with Gasteiger partial charge in [0.05, 0.1) is 5.69 Å². The Labute approximate surface area is 194 Å². The van der Waals surface area contributed by atoms with Crippen LogP contribution in [0.2, 0.25) is 0 Å². The molecule has 158 valence electrons. The molecule has 7 nitrogen and oxygen atoms in total. The highest BCUT2D eigenvalue weighted by Crippen LogP contribution is 2.18. The minimum Gasteiger partial charge on any atom is -0.490 e. The molecule has 2 aromatic carbocycles. The first-order chi connectivity index (χ1) is 14.3. The van der Waals surface area contributed by atoms with Crippen molar-refractivity contribution < 1.29 is 4.74 Å². The van der Waals surface area contributed by atoms with E-state index in [-0.39, 0.29) is 30.1 Å². The van der Waals surface area contributed by atoms with Crippen LogP contribution in [0.3, 0.4) is 0 Å². The first-order valence-electron chi connectivity index (χ1n) is 9.93. The zero-order valence-electron chi connectivity index (χ0n) is 17.0. The van der Waals surface area contributed by atoms with E-state index in [2.05, 4.69) is 37.4 Å². The zero-order valence-corrected chi connectivity index (χ0v) is 19.3. The molecule has 1 saturated heterocycles. The number of likely N-dealkylation sites (tertiary alicyclic amines) is 1. The van der Waals surface area contributed by atoms with Crippen molar-refractivity contribution in [1.82, 2.24) is 25.0 Å². The molecule has 30 heavy (non-hydrogen) atoms. The van der Waals surface area contributed by atoms with E-state index < -0.39 is 0 Å². The first-order valence-corrected chi connectivity index (χ1v) is 9.93. The lowest BCUT2D eigenvalue weighted by atomic mass is 10.1. The summed E-state index contributed by atoms with van der Waals surface area (Å²) in [6.07, 6.45) is 5.47. The number of benzene rings is 2. The van der Waals surface area contributed by atoms with E-state index in [4.69, 9.17) is 4.74 Å². The number of ether oxygens (including phenoxy) is 1. The molecule has 2 heterocycles. The molecular weight excluding hydrogens is 491 g/mol. The molecule has 0 unspecified atom stereocenters. The second kappa shape index (κ2) is 11.0. The Bertz CT molecular complexity index is 907. The van der Waals surface area contributed by atoms with E-state index in [9.17, 15) is 0 Å². The largest absolute Gasteiger partial charge is 0.490 e. The van der Waals surface area contributed by atoms with Gasteiger partial charge in [0.25, 0.3) is 0 Å². The number of guanidine groups is 1. The Balaban J connectivity index is 0.00000256. The topological polar surface area (TPSA) is 67.6 Å². The van der Waals surface area contributed by atoms with Crippen LogP contribution in [0, 0.1) is 0 Å². The predicted molar refractivity (Wildman–Crippen MR) is 129 cm³/mol. The van der Waals surface area contributed by atoms with Crippen molar-refractivity contribution in [2.45, 2.75) is 25.5 Å². The molecule has 1 fully saturated rings. The molecule has 1 aliphatic heterocycles. The summed E-state index contributed by atoms with van der Waals surface area (Å²) < 4.78 is 7.84. The van der Waals surface area contributed by atoms with Crippen LogP contribution in [0.25, 0.3) is 5.69 Å². The van der Waals surface area contributed by atoms with Crippen LogP contribution in [0.1, 0.15) is 18.4 Å². The molecule has 0 bridgehead atoms. The number of aliphatic imine (C=N–C) groups is 1. The van der Waals surface area contributed by atoms with Gasteiger partial charge >= 0.3 is 0 Å². The molecule has 1 aromatic heterocycles. The number of hydrogen-bond acceptors (Lipinski definition) is 4. The van der Waals surface area contributed by atoms with Gasteiger partial charge in [-0.15, -0.1) is 24.0 Å². The summed E-state index contributed by atoms with van der Waals surface area (Å²) in [6.45, 7) is 2.59. The second-order valence-corrected chi connectivity index (χ2v) is 7.02. The van der Waals surface area contributed by atoms with Gasteiger partial charge in [-0.3, -0.25) is 4.99 Å². The van der Waals surface area contributed by atoms with Crippen molar-refractivity contribution >= 4 is 29.9 Å². The van der Waals surface area contributed by atoms with E-state index in [0.717, 1.165) is 49.9 Å². The van der Waals surface area contributed by atoms with Crippen molar-refractivity contribution in [2.24, 2.45) is 4.99 Å². The summed E-state index contributed by atoms with van der Waals surface area (Å²) in [7, 11) is 1.84. The van der Waals surface area contributed by atoms with Crippen molar-refractivity contribution in [3.05, 3.63) is 72.8 Å². The molecule has 0 saturated carbocycles. The van der Waals surface area contributed by atoms with Crippen LogP contribution in [0.4, 0.5) is 0 Å². The zero-order chi connectivity index (χ0) is 19.9. The van der Waals surface area contributed by atoms with E-state index in [0.29, 0.717) is 0 Å². The fraction of sp³-hybridized carbons (Fsp3) is 0.318. The average molecular weight is 518 g/mol. The van der Waals surface area contributed by atoms with E-state index in [1.165, 1.54) is 11.9 Å². The van der Waals surface area contributed by atoms with Gasteiger partial charge in [0.2, 0.25) is 0 Å². The van der Waals surface area contributed by atoms with E-state index >= 15 is 0 Å². The van der Waals surface area contributed by atoms with Gasteiger partial charge in [-0.2, -0.15) is 5.10 Å². The lowest BCUT2D eigenvalue weighted by molar-refractivity contribution is 0.129. The van der Waals surface area contributed by atoms with Crippen LogP contribution in [-0.2, 0) is 6.54 Å². The molecule has 3 aromatic rings. The highest BCUT2D eigenvalue weighted by atomic mass is 127. The number of nitrogens with one attached hydrogen (secondary N) is 1. The Kier molecular flexibility index (Phi) is 8.06. The molecule has 0 radical (unpaired) electrons. The number of halogens is 1.